The van der Waals surface area contributed by atoms with E-state index in [2.05, 4.69) is 26.2 Å². The van der Waals surface area contributed by atoms with E-state index < -0.39 is 23.3 Å². The third-order valence-electron chi connectivity index (χ3n) is 6.71. The second-order valence-electron chi connectivity index (χ2n) is 8.80. The van der Waals surface area contributed by atoms with Gasteiger partial charge in [-0.05, 0) is 77.5 Å². The van der Waals surface area contributed by atoms with Crippen molar-refractivity contribution in [1.82, 2.24) is 14.9 Å². The number of halogens is 3. The lowest BCUT2D eigenvalue weighted by molar-refractivity contribution is 0.0901. The van der Waals surface area contributed by atoms with Crippen LogP contribution in [-0.4, -0.2) is 15.5 Å². The van der Waals surface area contributed by atoms with Crippen LogP contribution in [0.25, 0.3) is 16.5 Å². The molecule has 0 spiro atoms. The molecule has 5 rings (SSSR count). The van der Waals surface area contributed by atoms with Crippen LogP contribution in [0.3, 0.4) is 0 Å². The van der Waals surface area contributed by atoms with E-state index in [1.807, 2.05) is 0 Å². The highest BCUT2D eigenvalue weighted by atomic mass is 79.9. The zero-order valence-corrected chi connectivity index (χ0v) is 20.5. The Morgan fingerprint density at radius 2 is 1.91 bits per heavy atom. The normalized spacial score (nSPS) is 14.5. The molecule has 1 aliphatic rings. The van der Waals surface area contributed by atoms with Crippen LogP contribution in [0.4, 0.5) is 8.78 Å². The SMILES string of the molecule is Cc1c(C(=O)N[C@H](c2cccc(F)c2)C2CCC2)c2cccc(F)c2c(=O)n1-c1ccc(Br)nc1. The Morgan fingerprint density at radius 3 is 2.57 bits per heavy atom. The first-order valence-electron chi connectivity index (χ1n) is 11.4. The molecule has 178 valence electrons. The molecular weight excluding hydrogens is 516 g/mol. The Balaban J connectivity index is 1.67. The molecule has 0 unspecified atom stereocenters. The van der Waals surface area contributed by atoms with Crippen molar-refractivity contribution >= 4 is 32.6 Å². The Morgan fingerprint density at radius 1 is 1.14 bits per heavy atom. The van der Waals surface area contributed by atoms with Crippen molar-refractivity contribution < 1.29 is 13.6 Å². The van der Waals surface area contributed by atoms with Crippen LogP contribution in [0.5, 0.6) is 0 Å². The fraction of sp³-hybridized carbons (Fsp3) is 0.222. The van der Waals surface area contributed by atoms with Crippen molar-refractivity contribution in [2.75, 3.05) is 0 Å². The summed E-state index contributed by atoms with van der Waals surface area (Å²) in [6.45, 7) is 1.66. The topological polar surface area (TPSA) is 64.0 Å². The molecule has 0 aliphatic heterocycles. The fourth-order valence-electron chi connectivity index (χ4n) is 4.78. The van der Waals surface area contributed by atoms with Gasteiger partial charge in [-0.2, -0.15) is 0 Å². The molecule has 0 saturated heterocycles. The van der Waals surface area contributed by atoms with Crippen molar-refractivity contribution in [2.24, 2.45) is 5.92 Å². The molecule has 1 aliphatic carbocycles. The molecule has 4 aromatic rings. The Labute approximate surface area is 208 Å². The van der Waals surface area contributed by atoms with Gasteiger partial charge in [-0.25, -0.2) is 13.8 Å². The molecule has 1 atom stereocenters. The number of pyridine rings is 2. The van der Waals surface area contributed by atoms with E-state index >= 15 is 0 Å². The molecule has 1 amide bonds. The van der Waals surface area contributed by atoms with Crippen molar-refractivity contribution in [3.8, 4) is 5.69 Å². The molecule has 2 aromatic heterocycles. The van der Waals surface area contributed by atoms with Gasteiger partial charge in [0.05, 0.1) is 28.9 Å². The lowest BCUT2D eigenvalue weighted by Gasteiger charge is -2.35. The van der Waals surface area contributed by atoms with E-state index in [9.17, 15) is 18.4 Å². The smallest absolute Gasteiger partial charge is 0.266 e. The van der Waals surface area contributed by atoms with Crippen LogP contribution < -0.4 is 10.9 Å². The van der Waals surface area contributed by atoms with Crippen LogP contribution >= 0.6 is 15.9 Å². The number of amides is 1. The van der Waals surface area contributed by atoms with Gasteiger partial charge in [-0.1, -0.05) is 30.7 Å². The molecule has 0 bridgehead atoms. The minimum absolute atomic E-state index is 0.169. The van der Waals surface area contributed by atoms with E-state index in [1.165, 1.54) is 35.0 Å². The summed E-state index contributed by atoms with van der Waals surface area (Å²) in [7, 11) is 0. The molecule has 2 heterocycles. The first kappa shape index (κ1) is 23.4. The Kier molecular flexibility index (Phi) is 6.23. The number of benzene rings is 2. The number of fused-ring (bicyclic) bond motifs is 1. The van der Waals surface area contributed by atoms with Crippen molar-refractivity contribution in [3.05, 3.63) is 104 Å². The van der Waals surface area contributed by atoms with E-state index in [0.717, 1.165) is 19.3 Å². The second-order valence-corrected chi connectivity index (χ2v) is 9.61. The van der Waals surface area contributed by atoms with Crippen molar-refractivity contribution in [1.29, 1.82) is 0 Å². The standard InChI is InChI=1S/C27H22BrF2N3O2/c1-15-23(26(34)32-25(16-5-2-6-16)17-7-3-8-18(29)13-17)20-9-4-10-21(30)24(20)27(35)33(15)19-11-12-22(28)31-14-19/h3-4,7-14,16,25H,2,5-6H2,1H3,(H,32,34)/t25-/m0/s1. The summed E-state index contributed by atoms with van der Waals surface area (Å²) >= 11 is 3.27. The quantitative estimate of drug-likeness (QED) is 0.317. The molecular formula is C27H22BrF2N3O2. The molecule has 1 saturated carbocycles. The first-order valence-corrected chi connectivity index (χ1v) is 12.2. The predicted octanol–water partition coefficient (Wildman–Crippen LogP) is 6.01. The third-order valence-corrected chi connectivity index (χ3v) is 7.18. The van der Waals surface area contributed by atoms with Crippen molar-refractivity contribution in [3.63, 3.8) is 0 Å². The number of hydrogen-bond acceptors (Lipinski definition) is 3. The lowest BCUT2D eigenvalue weighted by Crippen LogP contribution is -2.37. The number of nitrogens with one attached hydrogen (secondary N) is 1. The number of hydrogen-bond donors (Lipinski definition) is 1. The van der Waals surface area contributed by atoms with Gasteiger partial charge in [0.1, 0.15) is 16.2 Å². The zero-order chi connectivity index (χ0) is 24.7. The summed E-state index contributed by atoms with van der Waals surface area (Å²) in [6, 6.07) is 13.4. The van der Waals surface area contributed by atoms with Crippen LogP contribution in [-0.2, 0) is 0 Å². The van der Waals surface area contributed by atoms with E-state index in [0.29, 0.717) is 21.5 Å². The van der Waals surface area contributed by atoms with Gasteiger partial charge in [0.2, 0.25) is 0 Å². The summed E-state index contributed by atoms with van der Waals surface area (Å²) in [6.07, 6.45) is 4.36. The predicted molar refractivity (Wildman–Crippen MR) is 134 cm³/mol. The zero-order valence-electron chi connectivity index (χ0n) is 18.9. The van der Waals surface area contributed by atoms with Gasteiger partial charge < -0.3 is 5.32 Å². The number of aromatic nitrogens is 2. The first-order chi connectivity index (χ1) is 16.8. The Hall–Kier alpha value is -3.39. The lowest BCUT2D eigenvalue weighted by atomic mass is 9.77. The summed E-state index contributed by atoms with van der Waals surface area (Å²) < 4.78 is 30.8. The molecule has 0 radical (unpaired) electrons. The van der Waals surface area contributed by atoms with Crippen LogP contribution in [0, 0.1) is 24.5 Å². The highest BCUT2D eigenvalue weighted by Gasteiger charge is 2.32. The van der Waals surface area contributed by atoms with Gasteiger partial charge in [0, 0.05) is 11.1 Å². The van der Waals surface area contributed by atoms with E-state index in [4.69, 9.17) is 0 Å². The monoisotopic (exact) mass is 537 g/mol. The molecule has 1 N–H and O–H groups in total. The molecule has 8 heteroatoms. The molecule has 1 fully saturated rings. The molecule has 35 heavy (non-hydrogen) atoms. The largest absolute Gasteiger partial charge is 0.345 e. The summed E-state index contributed by atoms with van der Waals surface area (Å²) in [4.78, 5) is 31.4. The van der Waals surface area contributed by atoms with Crippen LogP contribution in [0.1, 0.15) is 46.9 Å². The maximum Gasteiger partial charge on any atom is 0.266 e. The van der Waals surface area contributed by atoms with Crippen LogP contribution in [0.15, 0.2) is 70.2 Å². The number of rotatable bonds is 5. The number of carbonyl (C=O) groups excluding carboxylic acids is 1. The average Bonchev–Trinajstić information content (AvgIpc) is 2.78. The van der Waals surface area contributed by atoms with Gasteiger partial charge in [-0.3, -0.25) is 14.2 Å². The third kappa shape index (κ3) is 4.27. The van der Waals surface area contributed by atoms with Crippen LogP contribution in [0.2, 0.25) is 0 Å². The summed E-state index contributed by atoms with van der Waals surface area (Å²) in [5, 5.41) is 3.14. The van der Waals surface area contributed by atoms with Gasteiger partial charge >= 0.3 is 0 Å². The minimum Gasteiger partial charge on any atom is -0.345 e. The summed E-state index contributed by atoms with van der Waals surface area (Å²) in [5.41, 5.74) is 1.08. The number of carbonyl (C=O) groups is 1. The fourth-order valence-corrected chi connectivity index (χ4v) is 5.01. The number of nitrogens with zero attached hydrogens (tertiary/aromatic N) is 2. The van der Waals surface area contributed by atoms with E-state index in [1.54, 1.807) is 37.3 Å². The maximum atomic E-state index is 14.9. The Bertz CT molecular complexity index is 1500. The van der Waals surface area contributed by atoms with Gasteiger partial charge in [0.15, 0.2) is 0 Å². The van der Waals surface area contributed by atoms with E-state index in [-0.39, 0.29) is 28.1 Å². The average molecular weight is 538 g/mol. The summed E-state index contributed by atoms with van der Waals surface area (Å²) in [5.74, 6) is -1.36. The molecule has 2 aromatic carbocycles. The highest BCUT2D eigenvalue weighted by molar-refractivity contribution is 9.10. The van der Waals surface area contributed by atoms with Crippen molar-refractivity contribution in [2.45, 2.75) is 32.2 Å². The highest BCUT2D eigenvalue weighted by Crippen LogP contribution is 2.38. The van der Waals surface area contributed by atoms with Gasteiger partial charge in [-0.15, -0.1) is 0 Å². The minimum atomic E-state index is -0.707. The second kappa shape index (κ2) is 9.34. The maximum absolute atomic E-state index is 14.9. The molecule has 5 nitrogen and oxygen atoms in total. The van der Waals surface area contributed by atoms with Gasteiger partial charge in [0.25, 0.3) is 11.5 Å².